The third-order valence-electron chi connectivity index (χ3n) is 5.53. The summed E-state index contributed by atoms with van der Waals surface area (Å²) < 4.78 is 0. The minimum Gasteiger partial charge on any atom is -0.354 e. The molecule has 3 heterocycles. The molecule has 2 aliphatic rings. The zero-order valence-corrected chi connectivity index (χ0v) is 16.8. The topological polar surface area (TPSA) is 74.2 Å². The Hall–Kier alpha value is -2.96. The molecule has 1 aliphatic carbocycles. The fourth-order valence-electron chi connectivity index (χ4n) is 3.87. The van der Waals surface area contributed by atoms with E-state index in [1.54, 1.807) is 18.5 Å². The van der Waals surface area contributed by atoms with E-state index in [0.29, 0.717) is 24.7 Å². The number of aromatic nitrogens is 3. The van der Waals surface area contributed by atoms with Gasteiger partial charge in [-0.3, -0.25) is 4.79 Å². The van der Waals surface area contributed by atoms with Crippen molar-refractivity contribution in [3.8, 4) is 0 Å². The lowest BCUT2D eigenvalue weighted by atomic mass is 9.97. The summed E-state index contributed by atoms with van der Waals surface area (Å²) in [6, 6.07) is 7.60. The van der Waals surface area contributed by atoms with E-state index in [4.69, 9.17) is 0 Å². The summed E-state index contributed by atoms with van der Waals surface area (Å²) in [7, 11) is 0. The van der Waals surface area contributed by atoms with Crippen LogP contribution in [0.4, 0.5) is 11.8 Å². The third kappa shape index (κ3) is 5.10. The molecule has 1 aliphatic heterocycles. The lowest BCUT2D eigenvalue weighted by Gasteiger charge is -2.35. The van der Waals surface area contributed by atoms with Crippen molar-refractivity contribution < 1.29 is 4.79 Å². The van der Waals surface area contributed by atoms with Crippen molar-refractivity contribution in [2.75, 3.05) is 42.9 Å². The molecule has 152 valence electrons. The highest BCUT2D eigenvalue weighted by atomic mass is 16.2. The van der Waals surface area contributed by atoms with Gasteiger partial charge in [0.1, 0.15) is 11.5 Å². The molecular formula is C22H28N6O. The summed E-state index contributed by atoms with van der Waals surface area (Å²) in [5.41, 5.74) is 1.97. The van der Waals surface area contributed by atoms with Crippen LogP contribution in [0.15, 0.2) is 48.3 Å². The highest BCUT2D eigenvalue weighted by molar-refractivity contribution is 5.92. The molecule has 0 aromatic carbocycles. The molecule has 29 heavy (non-hydrogen) atoms. The van der Waals surface area contributed by atoms with Gasteiger partial charge in [0.25, 0.3) is 5.91 Å². The first-order valence-corrected chi connectivity index (χ1v) is 10.5. The summed E-state index contributed by atoms with van der Waals surface area (Å²) in [5.74, 6) is 1.45. The van der Waals surface area contributed by atoms with Crippen LogP contribution in [0.3, 0.4) is 0 Å². The molecule has 1 N–H and O–H groups in total. The lowest BCUT2D eigenvalue weighted by Crippen LogP contribution is -2.49. The van der Waals surface area contributed by atoms with E-state index < -0.39 is 0 Å². The third-order valence-corrected chi connectivity index (χ3v) is 5.53. The van der Waals surface area contributed by atoms with Crippen LogP contribution in [0.5, 0.6) is 0 Å². The number of hydrogen-bond acceptors (Lipinski definition) is 6. The average Bonchev–Trinajstić information content (AvgIpc) is 2.80. The molecule has 2 aromatic heterocycles. The second kappa shape index (κ2) is 9.49. The van der Waals surface area contributed by atoms with Crippen LogP contribution < -0.4 is 10.2 Å². The SMILES string of the molecule is O=C(c1ccnc(NCCC2=CCCCC2)n1)N1CCN(c2ccccn2)CC1. The molecule has 0 unspecified atom stereocenters. The zero-order chi connectivity index (χ0) is 19.9. The fourth-order valence-corrected chi connectivity index (χ4v) is 3.87. The van der Waals surface area contributed by atoms with Crippen molar-refractivity contribution in [2.24, 2.45) is 0 Å². The number of hydrogen-bond donors (Lipinski definition) is 1. The molecular weight excluding hydrogens is 364 g/mol. The predicted molar refractivity (Wildman–Crippen MR) is 114 cm³/mol. The summed E-state index contributed by atoms with van der Waals surface area (Å²) in [6.07, 6.45) is 11.8. The number of carbonyl (C=O) groups excluding carboxylic acids is 1. The zero-order valence-electron chi connectivity index (χ0n) is 16.8. The standard InChI is InChI=1S/C22H28N6O/c29-21(28-16-14-27(15-17-28)20-8-4-5-11-23-20)19-10-13-25-22(26-19)24-12-9-18-6-2-1-3-7-18/h4-6,8,10-11,13H,1-3,7,9,12,14-17H2,(H,24,25,26). The summed E-state index contributed by atoms with van der Waals surface area (Å²) >= 11 is 0. The number of amides is 1. The van der Waals surface area contributed by atoms with Crippen molar-refractivity contribution in [3.05, 3.63) is 54.0 Å². The normalized spacial score (nSPS) is 17.0. The molecule has 1 fully saturated rings. The molecule has 0 atom stereocenters. The van der Waals surface area contributed by atoms with Gasteiger partial charge in [0, 0.05) is 45.1 Å². The first kappa shape index (κ1) is 19.4. The number of nitrogens with zero attached hydrogens (tertiary/aromatic N) is 5. The lowest BCUT2D eigenvalue weighted by molar-refractivity contribution is 0.0740. The average molecular weight is 393 g/mol. The van der Waals surface area contributed by atoms with Crippen molar-refractivity contribution in [3.63, 3.8) is 0 Å². The minimum absolute atomic E-state index is 0.0360. The highest BCUT2D eigenvalue weighted by Gasteiger charge is 2.23. The second-order valence-electron chi connectivity index (χ2n) is 7.52. The van der Waals surface area contributed by atoms with Gasteiger partial charge < -0.3 is 15.1 Å². The molecule has 7 nitrogen and oxygen atoms in total. The van der Waals surface area contributed by atoms with Crippen LogP contribution in [0.25, 0.3) is 0 Å². The summed E-state index contributed by atoms with van der Waals surface area (Å²) in [5, 5.41) is 3.27. The highest BCUT2D eigenvalue weighted by Crippen LogP contribution is 2.20. The van der Waals surface area contributed by atoms with Crippen LogP contribution in [-0.2, 0) is 0 Å². The molecule has 7 heteroatoms. The molecule has 1 saturated heterocycles. The van der Waals surface area contributed by atoms with E-state index in [2.05, 4.69) is 31.2 Å². The van der Waals surface area contributed by atoms with Crippen LogP contribution in [0.1, 0.15) is 42.6 Å². The minimum atomic E-state index is -0.0360. The van der Waals surface area contributed by atoms with E-state index in [-0.39, 0.29) is 5.91 Å². The monoisotopic (exact) mass is 392 g/mol. The van der Waals surface area contributed by atoms with Crippen LogP contribution >= 0.6 is 0 Å². The number of allylic oxidation sites excluding steroid dienone is 1. The summed E-state index contributed by atoms with van der Waals surface area (Å²) in [6.45, 7) is 3.67. The van der Waals surface area contributed by atoms with Gasteiger partial charge in [-0.25, -0.2) is 15.0 Å². The van der Waals surface area contributed by atoms with Crippen molar-refractivity contribution >= 4 is 17.7 Å². The Labute approximate surface area is 171 Å². The Kier molecular flexibility index (Phi) is 6.34. The van der Waals surface area contributed by atoms with E-state index in [1.807, 2.05) is 23.1 Å². The van der Waals surface area contributed by atoms with Crippen LogP contribution in [-0.4, -0.2) is 58.5 Å². The van der Waals surface area contributed by atoms with Gasteiger partial charge in [0.05, 0.1) is 0 Å². The van der Waals surface area contributed by atoms with E-state index in [0.717, 1.165) is 31.9 Å². The van der Waals surface area contributed by atoms with Crippen molar-refractivity contribution in [1.82, 2.24) is 19.9 Å². The Morgan fingerprint density at radius 1 is 1.03 bits per heavy atom. The number of anilines is 2. The number of carbonyl (C=O) groups is 1. The molecule has 1 amide bonds. The van der Waals surface area contributed by atoms with E-state index in [9.17, 15) is 4.79 Å². The van der Waals surface area contributed by atoms with E-state index >= 15 is 0 Å². The van der Waals surface area contributed by atoms with Gasteiger partial charge >= 0.3 is 0 Å². The maximum absolute atomic E-state index is 12.9. The smallest absolute Gasteiger partial charge is 0.272 e. The molecule has 0 spiro atoms. The van der Waals surface area contributed by atoms with Gasteiger partial charge in [-0.05, 0) is 50.3 Å². The Bertz CT molecular complexity index is 845. The van der Waals surface area contributed by atoms with Crippen molar-refractivity contribution in [1.29, 1.82) is 0 Å². The van der Waals surface area contributed by atoms with Gasteiger partial charge in [0.2, 0.25) is 5.95 Å². The van der Waals surface area contributed by atoms with Crippen molar-refractivity contribution in [2.45, 2.75) is 32.1 Å². The van der Waals surface area contributed by atoms with Gasteiger partial charge in [-0.15, -0.1) is 0 Å². The van der Waals surface area contributed by atoms with Crippen LogP contribution in [0, 0.1) is 0 Å². The second-order valence-corrected chi connectivity index (χ2v) is 7.52. The number of piperazine rings is 1. The van der Waals surface area contributed by atoms with Gasteiger partial charge in [-0.2, -0.15) is 0 Å². The fraction of sp³-hybridized carbons (Fsp3) is 0.455. The predicted octanol–water partition coefficient (Wildman–Crippen LogP) is 3.14. The first-order valence-electron chi connectivity index (χ1n) is 10.5. The number of rotatable bonds is 6. The Morgan fingerprint density at radius 3 is 2.69 bits per heavy atom. The molecule has 0 radical (unpaired) electrons. The number of pyridine rings is 1. The Balaban J connectivity index is 1.30. The maximum Gasteiger partial charge on any atom is 0.272 e. The Morgan fingerprint density at radius 2 is 1.93 bits per heavy atom. The molecule has 0 bridgehead atoms. The largest absolute Gasteiger partial charge is 0.354 e. The maximum atomic E-state index is 12.9. The quantitative estimate of drug-likeness (QED) is 0.762. The van der Waals surface area contributed by atoms with Crippen LogP contribution in [0.2, 0.25) is 0 Å². The van der Waals surface area contributed by atoms with E-state index in [1.165, 1.54) is 31.3 Å². The number of nitrogens with one attached hydrogen (secondary N) is 1. The summed E-state index contributed by atoms with van der Waals surface area (Å²) in [4.78, 5) is 30.1. The van der Waals surface area contributed by atoms with Gasteiger partial charge in [-0.1, -0.05) is 17.7 Å². The first-order chi connectivity index (χ1) is 14.3. The molecule has 0 saturated carbocycles. The molecule has 2 aromatic rings. The molecule has 4 rings (SSSR count). The van der Waals surface area contributed by atoms with Gasteiger partial charge in [0.15, 0.2) is 0 Å².